The third-order valence-corrected chi connectivity index (χ3v) is 4.38. The van der Waals surface area contributed by atoms with Crippen molar-refractivity contribution >= 4 is 35.2 Å². The molecule has 0 aromatic carbocycles. The molecule has 1 aromatic rings. The van der Waals surface area contributed by atoms with Crippen LogP contribution in [-0.2, 0) is 11.8 Å². The third kappa shape index (κ3) is 2.35. The van der Waals surface area contributed by atoms with Crippen LogP contribution in [0.4, 0.5) is 0 Å². The first-order valence-corrected chi connectivity index (χ1v) is 6.93. The highest BCUT2D eigenvalue weighted by Crippen LogP contribution is 2.28. The van der Waals surface area contributed by atoms with E-state index in [1.54, 1.807) is 17.8 Å². The Balaban J connectivity index is 2.20. The summed E-state index contributed by atoms with van der Waals surface area (Å²) < 4.78 is 1.58. The summed E-state index contributed by atoms with van der Waals surface area (Å²) in [6.45, 7) is 0. The zero-order chi connectivity index (χ0) is 13.3. The van der Waals surface area contributed by atoms with Gasteiger partial charge in [0.1, 0.15) is 11.2 Å². The molecule has 2 heterocycles. The van der Waals surface area contributed by atoms with Gasteiger partial charge in [-0.05, 0) is 18.2 Å². The first-order valence-electron chi connectivity index (χ1n) is 5.40. The molecule has 0 aliphatic carbocycles. The minimum atomic E-state index is -1.15. The standard InChI is InChI=1S/C11H13ClN2O3S/c1-14-5-7(12)4-8(14)9(15)13-11(10(16)17)2-3-18-6-11/h4-5H,2-3,6H2,1H3,(H,13,15)(H,16,17)/t11-/m0/s1. The van der Waals surface area contributed by atoms with Crippen LogP contribution in [0.5, 0.6) is 0 Å². The number of carboxylic acids is 1. The summed E-state index contributed by atoms with van der Waals surface area (Å²) in [4.78, 5) is 23.4. The van der Waals surface area contributed by atoms with Gasteiger partial charge in [0.05, 0.1) is 5.02 Å². The number of hydrogen-bond acceptors (Lipinski definition) is 3. The molecule has 2 N–H and O–H groups in total. The van der Waals surface area contributed by atoms with Crippen LogP contribution in [0, 0.1) is 0 Å². The van der Waals surface area contributed by atoms with E-state index in [0.717, 1.165) is 5.75 Å². The first-order chi connectivity index (χ1) is 8.44. The number of thioether (sulfide) groups is 1. The van der Waals surface area contributed by atoms with Gasteiger partial charge in [0.25, 0.3) is 5.91 Å². The molecular formula is C11H13ClN2O3S. The van der Waals surface area contributed by atoms with Crippen LogP contribution in [0.15, 0.2) is 12.3 Å². The molecule has 1 aliphatic heterocycles. The van der Waals surface area contributed by atoms with Gasteiger partial charge in [-0.2, -0.15) is 11.8 Å². The first kappa shape index (κ1) is 13.3. The lowest BCUT2D eigenvalue weighted by atomic mass is 9.99. The van der Waals surface area contributed by atoms with E-state index in [9.17, 15) is 14.7 Å². The van der Waals surface area contributed by atoms with E-state index in [4.69, 9.17) is 11.6 Å². The van der Waals surface area contributed by atoms with E-state index in [1.807, 2.05) is 0 Å². The molecule has 1 amide bonds. The predicted octanol–water partition coefficient (Wildman–Crippen LogP) is 1.37. The van der Waals surface area contributed by atoms with E-state index < -0.39 is 17.4 Å². The van der Waals surface area contributed by atoms with Crippen molar-refractivity contribution < 1.29 is 14.7 Å². The zero-order valence-corrected chi connectivity index (χ0v) is 11.3. The monoisotopic (exact) mass is 288 g/mol. The molecule has 0 unspecified atom stereocenters. The van der Waals surface area contributed by atoms with Crippen molar-refractivity contribution in [3.05, 3.63) is 23.0 Å². The summed E-state index contributed by atoms with van der Waals surface area (Å²) in [5.74, 6) is -0.261. The maximum absolute atomic E-state index is 12.1. The van der Waals surface area contributed by atoms with Crippen molar-refractivity contribution in [1.29, 1.82) is 0 Å². The van der Waals surface area contributed by atoms with E-state index in [0.29, 0.717) is 22.9 Å². The van der Waals surface area contributed by atoms with E-state index in [1.165, 1.54) is 17.8 Å². The van der Waals surface area contributed by atoms with E-state index in [-0.39, 0.29) is 0 Å². The molecule has 0 bridgehead atoms. The molecule has 0 radical (unpaired) electrons. The molecule has 2 rings (SSSR count). The minimum Gasteiger partial charge on any atom is -0.479 e. The number of carbonyl (C=O) groups is 2. The van der Waals surface area contributed by atoms with Gasteiger partial charge in [0, 0.05) is 19.0 Å². The normalized spacial score (nSPS) is 23.0. The number of hydrogen-bond donors (Lipinski definition) is 2. The van der Waals surface area contributed by atoms with Crippen LogP contribution < -0.4 is 5.32 Å². The zero-order valence-electron chi connectivity index (χ0n) is 9.77. The second-order valence-electron chi connectivity index (χ2n) is 4.30. The Hall–Kier alpha value is -1.14. The Labute approximate surface area is 113 Å². The quantitative estimate of drug-likeness (QED) is 0.881. The minimum absolute atomic E-state index is 0.359. The van der Waals surface area contributed by atoms with Gasteiger partial charge in [-0.1, -0.05) is 11.6 Å². The number of nitrogens with zero attached hydrogens (tertiary/aromatic N) is 1. The Bertz CT molecular complexity index is 494. The van der Waals surface area contributed by atoms with Gasteiger partial charge in [0.2, 0.25) is 0 Å². The fourth-order valence-electron chi connectivity index (χ4n) is 1.92. The Morgan fingerprint density at radius 1 is 1.61 bits per heavy atom. The summed E-state index contributed by atoms with van der Waals surface area (Å²) >= 11 is 7.33. The molecule has 0 spiro atoms. The number of carboxylic acid groups (broad SMARTS) is 1. The van der Waals surface area contributed by atoms with Crippen molar-refractivity contribution in [3.63, 3.8) is 0 Å². The molecule has 98 valence electrons. The van der Waals surface area contributed by atoms with Crippen molar-refractivity contribution in [3.8, 4) is 0 Å². The molecule has 1 atom stereocenters. The van der Waals surface area contributed by atoms with Crippen LogP contribution in [0.1, 0.15) is 16.9 Å². The maximum atomic E-state index is 12.1. The number of aliphatic carboxylic acids is 1. The molecule has 1 aromatic heterocycles. The number of halogens is 1. The van der Waals surface area contributed by atoms with Crippen LogP contribution in [0.3, 0.4) is 0 Å². The van der Waals surface area contributed by atoms with Gasteiger partial charge in [-0.3, -0.25) is 4.79 Å². The predicted molar refractivity (Wildman–Crippen MR) is 70.2 cm³/mol. The lowest BCUT2D eigenvalue weighted by molar-refractivity contribution is -0.143. The van der Waals surface area contributed by atoms with Gasteiger partial charge in [-0.15, -0.1) is 0 Å². The van der Waals surface area contributed by atoms with E-state index >= 15 is 0 Å². The van der Waals surface area contributed by atoms with Gasteiger partial charge in [-0.25, -0.2) is 4.79 Å². The highest BCUT2D eigenvalue weighted by atomic mass is 35.5. The third-order valence-electron chi connectivity index (χ3n) is 2.99. The van der Waals surface area contributed by atoms with Crippen molar-refractivity contribution in [2.75, 3.05) is 11.5 Å². The average molecular weight is 289 g/mol. The molecule has 0 saturated carbocycles. The van der Waals surface area contributed by atoms with Crippen LogP contribution in [0.2, 0.25) is 5.02 Å². The summed E-state index contributed by atoms with van der Waals surface area (Å²) in [6.07, 6.45) is 2.05. The van der Waals surface area contributed by atoms with E-state index in [2.05, 4.69) is 5.32 Å². The second-order valence-corrected chi connectivity index (χ2v) is 5.84. The lowest BCUT2D eigenvalue weighted by Crippen LogP contribution is -2.55. The number of carbonyl (C=O) groups excluding carboxylic acids is 1. The SMILES string of the molecule is Cn1cc(Cl)cc1C(=O)N[C@@]1(C(=O)O)CCSC1. The topological polar surface area (TPSA) is 71.3 Å². The summed E-state index contributed by atoms with van der Waals surface area (Å²) in [5, 5.41) is 12.3. The Morgan fingerprint density at radius 2 is 2.33 bits per heavy atom. The molecule has 1 fully saturated rings. The van der Waals surface area contributed by atoms with Crippen molar-refractivity contribution in [1.82, 2.24) is 9.88 Å². The fourth-order valence-corrected chi connectivity index (χ4v) is 3.49. The number of aromatic nitrogens is 1. The number of amides is 1. The highest BCUT2D eigenvalue weighted by molar-refractivity contribution is 7.99. The number of nitrogens with one attached hydrogen (secondary N) is 1. The Morgan fingerprint density at radius 3 is 2.78 bits per heavy atom. The molecule has 1 saturated heterocycles. The summed E-state index contributed by atoms with van der Waals surface area (Å²) in [6, 6.07) is 1.52. The van der Waals surface area contributed by atoms with Gasteiger partial charge in [0.15, 0.2) is 0 Å². The average Bonchev–Trinajstić information content (AvgIpc) is 2.86. The molecule has 5 nitrogen and oxygen atoms in total. The smallest absolute Gasteiger partial charge is 0.330 e. The molecule has 18 heavy (non-hydrogen) atoms. The number of aryl methyl sites for hydroxylation is 1. The van der Waals surface area contributed by atoms with Crippen molar-refractivity contribution in [2.45, 2.75) is 12.0 Å². The Kier molecular flexibility index (Phi) is 3.59. The molecule has 1 aliphatic rings. The van der Waals surface area contributed by atoms with Crippen LogP contribution >= 0.6 is 23.4 Å². The number of rotatable bonds is 3. The molecular weight excluding hydrogens is 276 g/mol. The molecule has 7 heteroatoms. The summed E-state index contributed by atoms with van der Waals surface area (Å²) in [5.41, 5.74) is -0.795. The second kappa shape index (κ2) is 4.85. The highest BCUT2D eigenvalue weighted by Gasteiger charge is 2.43. The maximum Gasteiger partial charge on any atom is 0.330 e. The van der Waals surface area contributed by atoms with Crippen LogP contribution in [0.25, 0.3) is 0 Å². The lowest BCUT2D eigenvalue weighted by Gasteiger charge is -2.24. The van der Waals surface area contributed by atoms with Crippen LogP contribution in [-0.4, -0.2) is 38.6 Å². The largest absolute Gasteiger partial charge is 0.479 e. The van der Waals surface area contributed by atoms with Gasteiger partial charge >= 0.3 is 5.97 Å². The fraction of sp³-hybridized carbons (Fsp3) is 0.455. The summed E-state index contributed by atoms with van der Waals surface area (Å²) in [7, 11) is 1.69. The van der Waals surface area contributed by atoms with Crippen molar-refractivity contribution in [2.24, 2.45) is 7.05 Å². The van der Waals surface area contributed by atoms with Gasteiger partial charge < -0.3 is 15.0 Å².